The van der Waals surface area contributed by atoms with Gasteiger partial charge in [-0.15, -0.1) is 0 Å². The van der Waals surface area contributed by atoms with Crippen LogP contribution in [0.2, 0.25) is 0 Å². The van der Waals surface area contributed by atoms with Crippen molar-refractivity contribution in [2.75, 3.05) is 6.54 Å². The molecular formula is C16H26N2O2. The Morgan fingerprint density at radius 3 is 2.30 bits per heavy atom. The van der Waals surface area contributed by atoms with Crippen molar-refractivity contribution in [2.24, 2.45) is 0 Å². The second-order valence-electron chi connectivity index (χ2n) is 5.97. The standard InChI is InChI=1S/C16H26N2O2/c1-4-7-12-18-14(20)15(10-8-9-11-15)17-13(19)16(18,5-2)6-3/h4,7H,5-6,8-12H2,1-3H3,(H,17,19)/b7-4+. The SMILES string of the molecule is C/C=C/CN1C(=O)C2(CCCC2)NC(=O)C1(CC)CC. The molecule has 0 atom stereocenters. The van der Waals surface area contributed by atoms with Gasteiger partial charge < -0.3 is 10.2 Å². The van der Waals surface area contributed by atoms with Crippen molar-refractivity contribution in [3.05, 3.63) is 12.2 Å². The highest BCUT2D eigenvalue weighted by molar-refractivity contribution is 6.02. The topological polar surface area (TPSA) is 49.4 Å². The molecule has 1 aliphatic heterocycles. The highest BCUT2D eigenvalue weighted by atomic mass is 16.2. The van der Waals surface area contributed by atoms with Gasteiger partial charge in [-0.05, 0) is 32.6 Å². The third-order valence-corrected chi connectivity index (χ3v) is 5.10. The fourth-order valence-electron chi connectivity index (χ4n) is 3.70. The van der Waals surface area contributed by atoms with Crippen molar-refractivity contribution in [2.45, 2.75) is 70.4 Å². The number of amides is 2. The number of piperazine rings is 1. The van der Waals surface area contributed by atoms with E-state index in [1.165, 1.54) is 0 Å². The van der Waals surface area contributed by atoms with Crippen LogP contribution in [0.4, 0.5) is 0 Å². The molecule has 2 amide bonds. The summed E-state index contributed by atoms with van der Waals surface area (Å²) in [5.41, 5.74) is -1.29. The lowest BCUT2D eigenvalue weighted by molar-refractivity contribution is -0.163. The molecule has 1 saturated heterocycles. The van der Waals surface area contributed by atoms with Gasteiger partial charge >= 0.3 is 0 Å². The van der Waals surface area contributed by atoms with Crippen molar-refractivity contribution in [3.8, 4) is 0 Å². The number of hydrogen-bond donors (Lipinski definition) is 1. The summed E-state index contributed by atoms with van der Waals surface area (Å²) in [5, 5.41) is 3.09. The molecule has 1 spiro atoms. The third kappa shape index (κ3) is 2.05. The maximum atomic E-state index is 13.0. The molecule has 4 nitrogen and oxygen atoms in total. The van der Waals surface area contributed by atoms with Gasteiger partial charge in [0.2, 0.25) is 11.8 Å². The summed E-state index contributed by atoms with van der Waals surface area (Å²) in [5.74, 6) is 0.157. The van der Waals surface area contributed by atoms with Gasteiger partial charge in [0.05, 0.1) is 0 Å². The van der Waals surface area contributed by atoms with E-state index < -0.39 is 11.1 Å². The van der Waals surface area contributed by atoms with E-state index in [-0.39, 0.29) is 11.8 Å². The van der Waals surface area contributed by atoms with Crippen molar-refractivity contribution < 1.29 is 9.59 Å². The summed E-state index contributed by atoms with van der Waals surface area (Å²) in [7, 11) is 0. The van der Waals surface area contributed by atoms with Crippen LogP contribution in [0.15, 0.2) is 12.2 Å². The van der Waals surface area contributed by atoms with Crippen LogP contribution in [0.5, 0.6) is 0 Å². The van der Waals surface area contributed by atoms with Gasteiger partial charge in [-0.3, -0.25) is 9.59 Å². The van der Waals surface area contributed by atoms with Crippen LogP contribution < -0.4 is 5.32 Å². The largest absolute Gasteiger partial charge is 0.340 e. The van der Waals surface area contributed by atoms with E-state index >= 15 is 0 Å². The lowest BCUT2D eigenvalue weighted by Gasteiger charge is -2.51. The molecule has 1 aliphatic carbocycles. The zero-order valence-electron chi connectivity index (χ0n) is 12.9. The third-order valence-electron chi connectivity index (χ3n) is 5.10. The molecular weight excluding hydrogens is 252 g/mol. The summed E-state index contributed by atoms with van der Waals surface area (Å²) in [6.45, 7) is 6.46. The maximum Gasteiger partial charge on any atom is 0.249 e. The minimum absolute atomic E-state index is 0.0357. The summed E-state index contributed by atoms with van der Waals surface area (Å²) < 4.78 is 0. The van der Waals surface area contributed by atoms with Crippen LogP contribution in [0.1, 0.15) is 59.3 Å². The molecule has 112 valence electrons. The van der Waals surface area contributed by atoms with Crippen LogP contribution in [-0.2, 0) is 9.59 Å². The Hall–Kier alpha value is -1.32. The zero-order chi connectivity index (χ0) is 14.8. The second-order valence-corrected chi connectivity index (χ2v) is 5.97. The summed E-state index contributed by atoms with van der Waals surface area (Å²) >= 11 is 0. The Kier molecular flexibility index (Phi) is 4.21. The average molecular weight is 278 g/mol. The second kappa shape index (κ2) is 5.58. The fourth-order valence-corrected chi connectivity index (χ4v) is 3.70. The van der Waals surface area contributed by atoms with Gasteiger partial charge in [0.1, 0.15) is 11.1 Å². The Balaban J connectivity index is 2.40. The summed E-state index contributed by atoms with van der Waals surface area (Å²) in [4.78, 5) is 27.6. The normalized spacial score (nSPS) is 24.6. The summed E-state index contributed by atoms with van der Waals surface area (Å²) in [6.07, 6.45) is 8.85. The van der Waals surface area contributed by atoms with Crippen LogP contribution in [-0.4, -0.2) is 34.3 Å². The highest BCUT2D eigenvalue weighted by Gasteiger charge is 2.57. The number of rotatable bonds is 4. The van der Waals surface area contributed by atoms with E-state index in [4.69, 9.17) is 0 Å². The van der Waals surface area contributed by atoms with Gasteiger partial charge in [-0.25, -0.2) is 0 Å². The molecule has 0 radical (unpaired) electrons. The van der Waals surface area contributed by atoms with Crippen LogP contribution >= 0.6 is 0 Å². The first-order valence-corrected chi connectivity index (χ1v) is 7.82. The molecule has 1 saturated carbocycles. The van der Waals surface area contributed by atoms with E-state index in [9.17, 15) is 9.59 Å². The van der Waals surface area contributed by atoms with Crippen LogP contribution in [0.25, 0.3) is 0 Å². The number of hydrogen-bond acceptors (Lipinski definition) is 2. The monoisotopic (exact) mass is 278 g/mol. The van der Waals surface area contributed by atoms with Crippen LogP contribution in [0.3, 0.4) is 0 Å². The van der Waals surface area contributed by atoms with Crippen molar-refractivity contribution in [3.63, 3.8) is 0 Å². The summed E-state index contributed by atoms with van der Waals surface area (Å²) in [6, 6.07) is 0. The first kappa shape index (κ1) is 15.1. The molecule has 1 N–H and O–H groups in total. The number of nitrogens with zero attached hydrogens (tertiary/aromatic N) is 1. The van der Waals surface area contributed by atoms with E-state index in [1.54, 1.807) is 0 Å². The first-order chi connectivity index (χ1) is 9.56. The zero-order valence-corrected chi connectivity index (χ0v) is 12.9. The van der Waals surface area contributed by atoms with Crippen molar-refractivity contribution in [1.29, 1.82) is 0 Å². The number of allylic oxidation sites excluding steroid dienone is 1. The first-order valence-electron chi connectivity index (χ1n) is 7.82. The number of carbonyl (C=O) groups is 2. The molecule has 2 fully saturated rings. The maximum absolute atomic E-state index is 13.0. The number of carbonyl (C=O) groups excluding carboxylic acids is 2. The molecule has 0 unspecified atom stereocenters. The fraction of sp³-hybridized carbons (Fsp3) is 0.750. The van der Waals surface area contributed by atoms with Crippen molar-refractivity contribution >= 4 is 11.8 Å². The molecule has 20 heavy (non-hydrogen) atoms. The smallest absolute Gasteiger partial charge is 0.249 e. The number of nitrogens with one attached hydrogen (secondary N) is 1. The Morgan fingerprint density at radius 1 is 1.20 bits per heavy atom. The van der Waals surface area contributed by atoms with E-state index in [0.29, 0.717) is 19.4 Å². The van der Waals surface area contributed by atoms with E-state index in [0.717, 1.165) is 25.7 Å². The van der Waals surface area contributed by atoms with E-state index in [2.05, 4.69) is 5.32 Å². The lowest BCUT2D eigenvalue weighted by Crippen LogP contribution is -2.74. The lowest BCUT2D eigenvalue weighted by atomic mass is 9.80. The van der Waals surface area contributed by atoms with Crippen LogP contribution in [0, 0.1) is 0 Å². The van der Waals surface area contributed by atoms with Gasteiger partial charge in [-0.2, -0.15) is 0 Å². The van der Waals surface area contributed by atoms with E-state index in [1.807, 2.05) is 37.8 Å². The molecule has 1 heterocycles. The molecule has 4 heteroatoms. The molecule has 0 aromatic rings. The Bertz CT molecular complexity index is 418. The molecule has 2 rings (SSSR count). The van der Waals surface area contributed by atoms with Gasteiger partial charge in [0.15, 0.2) is 0 Å². The quantitative estimate of drug-likeness (QED) is 0.803. The Morgan fingerprint density at radius 2 is 1.80 bits per heavy atom. The molecule has 0 aromatic carbocycles. The predicted molar refractivity (Wildman–Crippen MR) is 79.2 cm³/mol. The average Bonchev–Trinajstić information content (AvgIpc) is 2.91. The highest BCUT2D eigenvalue weighted by Crippen LogP contribution is 2.39. The Labute approximate surface area is 121 Å². The molecule has 2 aliphatic rings. The molecule has 0 aromatic heterocycles. The molecule has 0 bridgehead atoms. The van der Waals surface area contributed by atoms with Gasteiger partial charge in [-0.1, -0.05) is 38.8 Å². The minimum Gasteiger partial charge on any atom is -0.340 e. The minimum atomic E-state index is -0.676. The predicted octanol–water partition coefficient (Wildman–Crippen LogP) is 2.39. The van der Waals surface area contributed by atoms with Gasteiger partial charge in [0, 0.05) is 6.54 Å². The van der Waals surface area contributed by atoms with Crippen molar-refractivity contribution in [1.82, 2.24) is 10.2 Å². The van der Waals surface area contributed by atoms with Gasteiger partial charge in [0.25, 0.3) is 0 Å².